The van der Waals surface area contributed by atoms with Gasteiger partial charge < -0.3 is 14.4 Å². The minimum Gasteiger partial charge on any atom is -0.481 e. The van der Waals surface area contributed by atoms with Crippen molar-refractivity contribution in [3.05, 3.63) is 47.7 Å². The Hall–Kier alpha value is -2.30. The average Bonchev–Trinajstić information content (AvgIpc) is 2.96. The summed E-state index contributed by atoms with van der Waals surface area (Å²) in [5, 5.41) is 9.30. The minimum atomic E-state index is -0.785. The van der Waals surface area contributed by atoms with E-state index in [0.717, 1.165) is 22.7 Å². The zero-order valence-corrected chi connectivity index (χ0v) is 10.5. The lowest BCUT2D eigenvalue weighted by atomic mass is 10.0. The van der Waals surface area contributed by atoms with Gasteiger partial charge in [-0.1, -0.05) is 18.2 Å². The van der Waals surface area contributed by atoms with Crippen LogP contribution in [0.25, 0.3) is 0 Å². The lowest BCUT2D eigenvalue weighted by molar-refractivity contribution is -0.138. The van der Waals surface area contributed by atoms with E-state index in [0.29, 0.717) is 13.1 Å². The number of anilines is 1. The molecule has 1 atom stereocenters. The third-order valence-electron chi connectivity index (χ3n) is 3.54. The Kier molecular flexibility index (Phi) is 2.74. The molecule has 0 spiro atoms. The molecule has 1 aliphatic heterocycles. The maximum atomic E-state index is 11.3. The molecule has 0 radical (unpaired) electrons. The molecule has 19 heavy (non-hydrogen) atoms. The number of hydrogen-bond donors (Lipinski definition) is 1. The summed E-state index contributed by atoms with van der Waals surface area (Å²) in [5.41, 5.74) is 2.69. The Bertz CT molecular complexity index is 621. The molecule has 0 fully saturated rings. The zero-order valence-electron chi connectivity index (χ0n) is 10.5. The molecule has 5 nitrogen and oxygen atoms in total. The quantitative estimate of drug-likeness (QED) is 0.913. The van der Waals surface area contributed by atoms with Gasteiger partial charge in [-0.15, -0.1) is 0 Å². The molecule has 0 bridgehead atoms. The molecule has 1 aromatic carbocycles. The second kappa shape index (κ2) is 4.42. The molecule has 2 heterocycles. The van der Waals surface area contributed by atoms with Crippen LogP contribution in [0.2, 0.25) is 0 Å². The highest BCUT2D eigenvalue weighted by atomic mass is 16.4. The normalized spacial score (nSPS) is 17.5. The van der Waals surface area contributed by atoms with E-state index in [1.54, 1.807) is 0 Å². The number of benzene rings is 1. The van der Waals surface area contributed by atoms with E-state index in [1.165, 1.54) is 6.39 Å². The van der Waals surface area contributed by atoms with Gasteiger partial charge in [0.1, 0.15) is 17.4 Å². The van der Waals surface area contributed by atoms with Gasteiger partial charge in [0.25, 0.3) is 0 Å². The summed E-state index contributed by atoms with van der Waals surface area (Å²) in [6, 6.07) is 7.63. The number of para-hydroxylation sites is 1. The van der Waals surface area contributed by atoms with Crippen LogP contribution >= 0.6 is 0 Å². The second-order valence-electron chi connectivity index (χ2n) is 4.69. The highest BCUT2D eigenvalue weighted by Crippen LogP contribution is 2.37. The first-order chi connectivity index (χ1) is 9.16. The van der Waals surface area contributed by atoms with Crippen molar-refractivity contribution in [1.82, 2.24) is 4.98 Å². The lowest BCUT2D eigenvalue weighted by Crippen LogP contribution is -2.24. The number of fused-ring (bicyclic) bond motifs is 1. The van der Waals surface area contributed by atoms with Crippen LogP contribution < -0.4 is 4.90 Å². The predicted octanol–water partition coefficient (Wildman–Crippen LogP) is 2.17. The number of aliphatic carboxylic acids is 1. The fourth-order valence-electron chi connectivity index (χ4n) is 2.51. The van der Waals surface area contributed by atoms with E-state index in [-0.39, 0.29) is 0 Å². The Morgan fingerprint density at radius 1 is 1.53 bits per heavy atom. The van der Waals surface area contributed by atoms with Crippen LogP contribution in [-0.2, 0) is 11.3 Å². The number of carbonyl (C=O) groups is 1. The number of aromatic nitrogens is 1. The third-order valence-corrected chi connectivity index (χ3v) is 3.54. The molecule has 5 heteroatoms. The number of aryl methyl sites for hydroxylation is 1. The van der Waals surface area contributed by atoms with E-state index in [1.807, 2.05) is 36.1 Å². The van der Waals surface area contributed by atoms with E-state index >= 15 is 0 Å². The van der Waals surface area contributed by atoms with Gasteiger partial charge in [0.2, 0.25) is 0 Å². The molecule has 3 rings (SSSR count). The summed E-state index contributed by atoms with van der Waals surface area (Å²) in [6.07, 6.45) is 1.42. The topological polar surface area (TPSA) is 66.6 Å². The van der Waals surface area contributed by atoms with Gasteiger partial charge in [-0.05, 0) is 18.6 Å². The Morgan fingerprint density at radius 3 is 3.00 bits per heavy atom. The first-order valence-electron chi connectivity index (χ1n) is 6.12. The van der Waals surface area contributed by atoms with Crippen LogP contribution in [0.1, 0.15) is 22.9 Å². The summed E-state index contributed by atoms with van der Waals surface area (Å²) in [4.78, 5) is 17.5. The highest BCUT2D eigenvalue weighted by Gasteiger charge is 2.33. The number of carboxylic acids is 1. The fraction of sp³-hybridized carbons (Fsp3) is 0.286. The molecule has 2 aromatic rings. The van der Waals surface area contributed by atoms with E-state index in [4.69, 9.17) is 4.42 Å². The maximum absolute atomic E-state index is 11.3. The summed E-state index contributed by atoms with van der Waals surface area (Å²) >= 11 is 0. The van der Waals surface area contributed by atoms with Gasteiger partial charge in [-0.25, -0.2) is 4.98 Å². The number of hydrogen-bond acceptors (Lipinski definition) is 4. The SMILES string of the molecule is Cc1ocnc1CN1CC(C(=O)O)c2ccccc21. The smallest absolute Gasteiger partial charge is 0.312 e. The number of nitrogens with zero attached hydrogens (tertiary/aromatic N) is 2. The summed E-state index contributed by atoms with van der Waals surface area (Å²) in [5.74, 6) is -0.480. The molecule has 1 unspecified atom stereocenters. The molecule has 0 aliphatic carbocycles. The molecular formula is C14H14N2O3. The van der Waals surface area contributed by atoms with Gasteiger partial charge >= 0.3 is 5.97 Å². The highest BCUT2D eigenvalue weighted by molar-refractivity contribution is 5.82. The van der Waals surface area contributed by atoms with Crippen molar-refractivity contribution in [1.29, 1.82) is 0 Å². The van der Waals surface area contributed by atoms with Crippen LogP contribution in [0.5, 0.6) is 0 Å². The monoisotopic (exact) mass is 258 g/mol. The molecule has 0 saturated heterocycles. The molecule has 0 saturated carbocycles. The molecule has 1 aromatic heterocycles. The van der Waals surface area contributed by atoms with Crippen molar-refractivity contribution < 1.29 is 14.3 Å². The summed E-state index contributed by atoms with van der Waals surface area (Å²) in [6.45, 7) is 2.91. The minimum absolute atomic E-state index is 0.469. The van der Waals surface area contributed by atoms with E-state index < -0.39 is 11.9 Å². The fourth-order valence-corrected chi connectivity index (χ4v) is 2.51. The van der Waals surface area contributed by atoms with Crippen LogP contribution in [0, 0.1) is 6.92 Å². The van der Waals surface area contributed by atoms with Crippen LogP contribution in [-0.4, -0.2) is 22.6 Å². The maximum Gasteiger partial charge on any atom is 0.312 e. The first kappa shape index (κ1) is 11.8. The van der Waals surface area contributed by atoms with Crippen LogP contribution in [0.15, 0.2) is 35.1 Å². The largest absolute Gasteiger partial charge is 0.481 e. The van der Waals surface area contributed by atoms with E-state index in [9.17, 15) is 9.90 Å². The van der Waals surface area contributed by atoms with Crippen molar-refractivity contribution in [2.24, 2.45) is 0 Å². The van der Waals surface area contributed by atoms with Crippen molar-refractivity contribution in [2.75, 3.05) is 11.4 Å². The van der Waals surface area contributed by atoms with E-state index in [2.05, 4.69) is 4.98 Å². The van der Waals surface area contributed by atoms with Crippen molar-refractivity contribution in [3.63, 3.8) is 0 Å². The molecule has 1 N–H and O–H groups in total. The van der Waals surface area contributed by atoms with Gasteiger partial charge in [0, 0.05) is 12.2 Å². The molecular weight excluding hydrogens is 244 g/mol. The average molecular weight is 258 g/mol. The van der Waals surface area contributed by atoms with Crippen LogP contribution in [0.4, 0.5) is 5.69 Å². The number of rotatable bonds is 3. The summed E-state index contributed by atoms with van der Waals surface area (Å²) in [7, 11) is 0. The molecule has 0 amide bonds. The number of carboxylic acid groups (broad SMARTS) is 1. The molecule has 98 valence electrons. The first-order valence-corrected chi connectivity index (χ1v) is 6.12. The number of oxazole rings is 1. The second-order valence-corrected chi connectivity index (χ2v) is 4.69. The van der Waals surface area contributed by atoms with Crippen molar-refractivity contribution in [3.8, 4) is 0 Å². The Balaban J connectivity index is 1.93. The van der Waals surface area contributed by atoms with Crippen molar-refractivity contribution >= 4 is 11.7 Å². The molecule has 1 aliphatic rings. The standard InChI is InChI=1S/C14H14N2O3/c1-9-12(15-8-19-9)7-16-6-11(14(17)18)10-4-2-3-5-13(10)16/h2-5,8,11H,6-7H2,1H3,(H,17,18). The summed E-state index contributed by atoms with van der Waals surface area (Å²) < 4.78 is 5.18. The van der Waals surface area contributed by atoms with Crippen molar-refractivity contribution in [2.45, 2.75) is 19.4 Å². The predicted molar refractivity (Wildman–Crippen MR) is 69.1 cm³/mol. The van der Waals surface area contributed by atoms with Gasteiger partial charge in [-0.2, -0.15) is 0 Å². The van der Waals surface area contributed by atoms with Gasteiger partial charge in [0.05, 0.1) is 6.54 Å². The Morgan fingerprint density at radius 2 is 2.32 bits per heavy atom. The van der Waals surface area contributed by atoms with Crippen LogP contribution in [0.3, 0.4) is 0 Å². The van der Waals surface area contributed by atoms with Gasteiger partial charge in [0.15, 0.2) is 6.39 Å². The van der Waals surface area contributed by atoms with Gasteiger partial charge in [-0.3, -0.25) is 4.79 Å². The Labute approximate surface area is 110 Å². The lowest BCUT2D eigenvalue weighted by Gasteiger charge is -2.18. The zero-order chi connectivity index (χ0) is 13.4. The third kappa shape index (κ3) is 1.97.